The van der Waals surface area contributed by atoms with E-state index in [2.05, 4.69) is 17.2 Å². The molecule has 0 fully saturated rings. The second kappa shape index (κ2) is 7.63. The minimum atomic E-state index is 0.168. The van der Waals surface area contributed by atoms with Gasteiger partial charge < -0.3 is 5.32 Å². The van der Waals surface area contributed by atoms with Gasteiger partial charge in [0, 0.05) is 34.4 Å². The Morgan fingerprint density at radius 2 is 1.90 bits per heavy atom. The Bertz CT molecular complexity index is 523. The van der Waals surface area contributed by atoms with E-state index in [9.17, 15) is 0 Å². The second-order valence-corrected chi connectivity index (χ2v) is 5.61. The summed E-state index contributed by atoms with van der Waals surface area (Å²) in [5.74, 6) is 0. The fourth-order valence-electron chi connectivity index (χ4n) is 2.13. The number of nitrogens with one attached hydrogen (secondary N) is 1. The van der Waals surface area contributed by atoms with Gasteiger partial charge in [-0.15, -0.1) is 0 Å². The summed E-state index contributed by atoms with van der Waals surface area (Å²) >= 11 is 12.2. The van der Waals surface area contributed by atoms with Crippen LogP contribution in [0.4, 0.5) is 0 Å². The van der Waals surface area contributed by atoms with Crippen molar-refractivity contribution in [2.75, 3.05) is 6.54 Å². The first-order chi connectivity index (χ1) is 9.69. The SMILES string of the molecule is CCCNC(Cc1ccccn1)c1cc(Cl)cc(Cl)c1. The zero-order valence-corrected chi connectivity index (χ0v) is 13.0. The minimum absolute atomic E-state index is 0.168. The first-order valence-electron chi connectivity index (χ1n) is 6.78. The fraction of sp³-hybridized carbons (Fsp3) is 0.312. The van der Waals surface area contributed by atoms with E-state index in [0.717, 1.165) is 30.6 Å². The van der Waals surface area contributed by atoms with E-state index in [0.29, 0.717) is 10.0 Å². The van der Waals surface area contributed by atoms with Gasteiger partial charge in [0.25, 0.3) is 0 Å². The van der Waals surface area contributed by atoms with Gasteiger partial charge in [0.1, 0.15) is 0 Å². The standard InChI is InChI=1S/C16H18Cl2N2/c1-2-6-20-16(11-15-5-3-4-7-19-15)12-8-13(17)10-14(18)9-12/h3-5,7-10,16,20H,2,6,11H2,1H3. The predicted molar refractivity (Wildman–Crippen MR) is 85.4 cm³/mol. The van der Waals surface area contributed by atoms with E-state index >= 15 is 0 Å². The number of rotatable bonds is 6. The van der Waals surface area contributed by atoms with Crippen LogP contribution >= 0.6 is 23.2 Å². The number of nitrogens with zero attached hydrogens (tertiary/aromatic N) is 1. The molecule has 0 bridgehead atoms. The average Bonchev–Trinajstić information content (AvgIpc) is 2.43. The molecule has 4 heteroatoms. The molecule has 2 nitrogen and oxygen atoms in total. The molecule has 0 saturated carbocycles. The number of benzene rings is 1. The summed E-state index contributed by atoms with van der Waals surface area (Å²) in [4.78, 5) is 4.39. The van der Waals surface area contributed by atoms with Crippen LogP contribution in [-0.2, 0) is 6.42 Å². The lowest BCUT2D eigenvalue weighted by Crippen LogP contribution is -2.24. The highest BCUT2D eigenvalue weighted by atomic mass is 35.5. The van der Waals surface area contributed by atoms with Crippen molar-refractivity contribution in [3.8, 4) is 0 Å². The maximum atomic E-state index is 6.10. The summed E-state index contributed by atoms with van der Waals surface area (Å²) in [5, 5.41) is 4.86. The molecule has 0 spiro atoms. The van der Waals surface area contributed by atoms with Gasteiger partial charge in [-0.25, -0.2) is 0 Å². The average molecular weight is 309 g/mol. The largest absolute Gasteiger partial charge is 0.310 e. The summed E-state index contributed by atoms with van der Waals surface area (Å²) < 4.78 is 0. The Morgan fingerprint density at radius 3 is 2.50 bits per heavy atom. The number of halogens is 2. The third kappa shape index (κ3) is 4.48. The fourth-order valence-corrected chi connectivity index (χ4v) is 2.67. The normalized spacial score (nSPS) is 12.3. The van der Waals surface area contributed by atoms with E-state index in [-0.39, 0.29) is 6.04 Å². The van der Waals surface area contributed by atoms with Crippen LogP contribution in [0.2, 0.25) is 10.0 Å². The lowest BCUT2D eigenvalue weighted by atomic mass is 10.0. The molecular weight excluding hydrogens is 291 g/mol. The Hall–Kier alpha value is -1.09. The molecule has 106 valence electrons. The number of hydrogen-bond donors (Lipinski definition) is 1. The van der Waals surface area contributed by atoms with Crippen molar-refractivity contribution in [3.63, 3.8) is 0 Å². The first-order valence-corrected chi connectivity index (χ1v) is 7.54. The molecule has 1 N–H and O–H groups in total. The van der Waals surface area contributed by atoms with Crippen LogP contribution < -0.4 is 5.32 Å². The second-order valence-electron chi connectivity index (χ2n) is 4.73. The zero-order chi connectivity index (χ0) is 14.4. The molecule has 1 aromatic carbocycles. The van der Waals surface area contributed by atoms with E-state index in [1.165, 1.54) is 0 Å². The van der Waals surface area contributed by atoms with Gasteiger partial charge in [-0.05, 0) is 48.9 Å². The molecule has 20 heavy (non-hydrogen) atoms. The summed E-state index contributed by atoms with van der Waals surface area (Å²) in [7, 11) is 0. The molecule has 1 heterocycles. The van der Waals surface area contributed by atoms with Gasteiger partial charge in [0.2, 0.25) is 0 Å². The number of aromatic nitrogens is 1. The van der Waals surface area contributed by atoms with E-state index in [4.69, 9.17) is 23.2 Å². The van der Waals surface area contributed by atoms with Crippen molar-refractivity contribution in [3.05, 3.63) is 63.9 Å². The first kappa shape index (κ1) is 15.3. The van der Waals surface area contributed by atoms with Crippen LogP contribution in [0, 0.1) is 0 Å². The highest BCUT2D eigenvalue weighted by Gasteiger charge is 2.13. The molecule has 0 aliphatic rings. The van der Waals surface area contributed by atoms with Crippen LogP contribution in [0.5, 0.6) is 0 Å². The lowest BCUT2D eigenvalue weighted by molar-refractivity contribution is 0.524. The molecule has 1 unspecified atom stereocenters. The Kier molecular flexibility index (Phi) is 5.84. The highest BCUT2D eigenvalue weighted by Crippen LogP contribution is 2.25. The van der Waals surface area contributed by atoms with Gasteiger partial charge in [-0.2, -0.15) is 0 Å². The Balaban J connectivity index is 2.22. The third-order valence-corrected chi connectivity index (χ3v) is 3.50. The number of hydrogen-bond acceptors (Lipinski definition) is 2. The van der Waals surface area contributed by atoms with Crippen LogP contribution in [-0.4, -0.2) is 11.5 Å². The topological polar surface area (TPSA) is 24.9 Å². The molecule has 2 rings (SSSR count). The van der Waals surface area contributed by atoms with Crippen LogP contribution in [0.3, 0.4) is 0 Å². The summed E-state index contributed by atoms with van der Waals surface area (Å²) in [6.07, 6.45) is 3.71. The Morgan fingerprint density at radius 1 is 1.15 bits per heavy atom. The molecule has 0 aliphatic heterocycles. The van der Waals surface area contributed by atoms with E-state index in [1.54, 1.807) is 6.07 Å². The molecule has 0 aliphatic carbocycles. The van der Waals surface area contributed by atoms with Gasteiger partial charge in [0.05, 0.1) is 0 Å². The smallest absolute Gasteiger partial charge is 0.0424 e. The van der Waals surface area contributed by atoms with Gasteiger partial charge in [0.15, 0.2) is 0 Å². The predicted octanol–water partition coefficient (Wildman–Crippen LogP) is 4.67. The summed E-state index contributed by atoms with van der Waals surface area (Å²) in [6.45, 7) is 3.09. The molecule has 0 saturated heterocycles. The van der Waals surface area contributed by atoms with Crippen molar-refractivity contribution < 1.29 is 0 Å². The molecule has 1 atom stereocenters. The van der Waals surface area contributed by atoms with Crippen LogP contribution in [0.15, 0.2) is 42.6 Å². The van der Waals surface area contributed by atoms with Crippen molar-refractivity contribution in [2.24, 2.45) is 0 Å². The minimum Gasteiger partial charge on any atom is -0.310 e. The van der Waals surface area contributed by atoms with Crippen molar-refractivity contribution in [1.82, 2.24) is 10.3 Å². The summed E-state index contributed by atoms with van der Waals surface area (Å²) in [5.41, 5.74) is 2.15. The summed E-state index contributed by atoms with van der Waals surface area (Å²) in [6, 6.07) is 11.8. The van der Waals surface area contributed by atoms with Crippen LogP contribution in [0.25, 0.3) is 0 Å². The zero-order valence-electron chi connectivity index (χ0n) is 11.4. The lowest BCUT2D eigenvalue weighted by Gasteiger charge is -2.19. The molecule has 0 radical (unpaired) electrons. The van der Waals surface area contributed by atoms with Crippen molar-refractivity contribution in [2.45, 2.75) is 25.8 Å². The van der Waals surface area contributed by atoms with Gasteiger partial charge in [-0.1, -0.05) is 36.2 Å². The van der Waals surface area contributed by atoms with Gasteiger partial charge in [-0.3, -0.25) is 4.98 Å². The van der Waals surface area contributed by atoms with Crippen molar-refractivity contribution in [1.29, 1.82) is 0 Å². The van der Waals surface area contributed by atoms with E-state index in [1.807, 2.05) is 36.5 Å². The quantitative estimate of drug-likeness (QED) is 0.838. The molecule has 0 amide bonds. The maximum Gasteiger partial charge on any atom is 0.0424 e. The molecule has 2 aromatic rings. The van der Waals surface area contributed by atoms with Crippen LogP contribution in [0.1, 0.15) is 30.6 Å². The molecule has 1 aromatic heterocycles. The van der Waals surface area contributed by atoms with Crippen molar-refractivity contribution >= 4 is 23.2 Å². The number of pyridine rings is 1. The maximum absolute atomic E-state index is 6.10. The van der Waals surface area contributed by atoms with E-state index < -0.39 is 0 Å². The highest BCUT2D eigenvalue weighted by molar-refractivity contribution is 6.34. The monoisotopic (exact) mass is 308 g/mol. The molecular formula is C16H18Cl2N2. The Labute approximate surface area is 130 Å². The van der Waals surface area contributed by atoms with Gasteiger partial charge >= 0.3 is 0 Å². The third-order valence-electron chi connectivity index (χ3n) is 3.07.